The van der Waals surface area contributed by atoms with Gasteiger partial charge in [0.25, 0.3) is 0 Å². The first-order chi connectivity index (χ1) is 7.11. The van der Waals surface area contributed by atoms with Gasteiger partial charge < -0.3 is 4.74 Å². The zero-order valence-electron chi connectivity index (χ0n) is 9.40. The van der Waals surface area contributed by atoms with Crippen molar-refractivity contribution in [3.8, 4) is 5.88 Å². The Kier molecular flexibility index (Phi) is 4.82. The van der Waals surface area contributed by atoms with Crippen LogP contribution in [0.1, 0.15) is 32.9 Å². The summed E-state index contributed by atoms with van der Waals surface area (Å²) in [6.07, 6.45) is 1.18. The van der Waals surface area contributed by atoms with Gasteiger partial charge in [-0.1, -0.05) is 13.8 Å². The highest BCUT2D eigenvalue weighted by Crippen LogP contribution is 2.13. The molecular formula is C11H17ClN2O. The number of alkyl halides is 1. The lowest BCUT2D eigenvalue weighted by molar-refractivity contribution is 0.183. The van der Waals surface area contributed by atoms with Crippen molar-refractivity contribution in [1.29, 1.82) is 0 Å². The predicted octanol–water partition coefficient (Wildman–Crippen LogP) is 3.03. The maximum absolute atomic E-state index is 5.61. The first-order valence-electron chi connectivity index (χ1n) is 5.17. The summed E-state index contributed by atoms with van der Waals surface area (Å²) in [5, 5.41) is 7.86. The van der Waals surface area contributed by atoms with Gasteiger partial charge in [0.15, 0.2) is 0 Å². The molecule has 1 aromatic rings. The van der Waals surface area contributed by atoms with E-state index in [0.717, 1.165) is 12.1 Å². The Labute approximate surface area is 95.8 Å². The van der Waals surface area contributed by atoms with E-state index in [4.69, 9.17) is 16.3 Å². The molecule has 3 nitrogen and oxygen atoms in total. The highest BCUT2D eigenvalue weighted by molar-refractivity contribution is 6.16. The van der Waals surface area contributed by atoms with Gasteiger partial charge in [0, 0.05) is 6.07 Å². The molecule has 84 valence electrons. The molecule has 0 aliphatic rings. The number of aromatic nitrogens is 2. The van der Waals surface area contributed by atoms with Crippen LogP contribution in [-0.4, -0.2) is 16.3 Å². The molecule has 0 fully saturated rings. The van der Waals surface area contributed by atoms with Crippen molar-refractivity contribution in [2.24, 2.45) is 5.92 Å². The van der Waals surface area contributed by atoms with Gasteiger partial charge in [0.2, 0.25) is 5.88 Å². The number of rotatable bonds is 5. The fraction of sp³-hybridized carbons (Fsp3) is 0.636. The van der Waals surface area contributed by atoms with Gasteiger partial charge >= 0.3 is 0 Å². The van der Waals surface area contributed by atoms with E-state index in [1.54, 1.807) is 0 Å². The summed E-state index contributed by atoms with van der Waals surface area (Å²) in [6.45, 7) is 6.38. The summed E-state index contributed by atoms with van der Waals surface area (Å²) in [5.74, 6) is 1.57. The van der Waals surface area contributed by atoms with Crippen LogP contribution in [0.4, 0.5) is 0 Å². The van der Waals surface area contributed by atoms with E-state index in [0.29, 0.717) is 17.7 Å². The van der Waals surface area contributed by atoms with Gasteiger partial charge in [-0.3, -0.25) is 0 Å². The van der Waals surface area contributed by atoms with Crippen LogP contribution >= 0.6 is 11.6 Å². The molecule has 0 spiro atoms. The normalized spacial score (nSPS) is 12.9. The second kappa shape index (κ2) is 5.91. The molecule has 0 saturated heterocycles. The molecule has 1 atom stereocenters. The summed E-state index contributed by atoms with van der Waals surface area (Å²) in [7, 11) is 0. The number of hydrogen-bond acceptors (Lipinski definition) is 3. The summed E-state index contributed by atoms with van der Waals surface area (Å²) < 4.78 is 5.61. The fourth-order valence-corrected chi connectivity index (χ4v) is 1.54. The maximum atomic E-state index is 5.61. The van der Waals surface area contributed by atoms with E-state index in [9.17, 15) is 0 Å². The molecule has 0 saturated carbocycles. The largest absolute Gasteiger partial charge is 0.474 e. The Morgan fingerprint density at radius 1 is 1.27 bits per heavy atom. The van der Waals surface area contributed by atoms with Crippen LogP contribution in [0.3, 0.4) is 0 Å². The first kappa shape index (κ1) is 12.2. The van der Waals surface area contributed by atoms with Gasteiger partial charge in [-0.25, -0.2) is 0 Å². The molecule has 0 bridgehead atoms. The molecule has 0 aliphatic heterocycles. The smallest absolute Gasteiger partial charge is 0.233 e. The second-order valence-electron chi connectivity index (χ2n) is 4.05. The molecule has 0 radical (unpaired) electrons. The predicted molar refractivity (Wildman–Crippen MR) is 61.1 cm³/mol. The highest BCUT2D eigenvalue weighted by Gasteiger charge is 2.07. The quantitative estimate of drug-likeness (QED) is 0.727. The van der Waals surface area contributed by atoms with Crippen molar-refractivity contribution < 1.29 is 4.74 Å². The number of halogens is 1. The molecule has 1 unspecified atom stereocenters. The number of hydrogen-bond donors (Lipinski definition) is 0. The fourth-order valence-electron chi connectivity index (χ4n) is 1.40. The Balaban J connectivity index is 2.49. The van der Waals surface area contributed by atoms with Crippen LogP contribution in [0.5, 0.6) is 5.88 Å². The van der Waals surface area contributed by atoms with Crippen molar-refractivity contribution in [1.82, 2.24) is 10.2 Å². The Morgan fingerprint density at radius 3 is 2.47 bits per heavy atom. The van der Waals surface area contributed by atoms with Crippen LogP contribution in [0.2, 0.25) is 0 Å². The van der Waals surface area contributed by atoms with Crippen LogP contribution < -0.4 is 4.74 Å². The molecule has 0 aliphatic carbocycles. The molecule has 1 heterocycles. The summed E-state index contributed by atoms with van der Waals surface area (Å²) in [5.41, 5.74) is 0.764. The number of ether oxygens (including phenoxy) is 1. The SMILES string of the molecule is CC(C)CC(C)Oc1ccc(CCl)nn1. The van der Waals surface area contributed by atoms with Crippen molar-refractivity contribution >= 4 is 11.6 Å². The van der Waals surface area contributed by atoms with E-state index in [-0.39, 0.29) is 6.10 Å². The van der Waals surface area contributed by atoms with Gasteiger partial charge in [-0.2, -0.15) is 5.10 Å². The second-order valence-corrected chi connectivity index (χ2v) is 4.32. The molecule has 1 aromatic heterocycles. The van der Waals surface area contributed by atoms with Crippen LogP contribution in [-0.2, 0) is 5.88 Å². The van der Waals surface area contributed by atoms with E-state index in [1.807, 2.05) is 19.1 Å². The maximum Gasteiger partial charge on any atom is 0.233 e. The third-order valence-corrected chi connectivity index (χ3v) is 2.23. The number of nitrogens with zero attached hydrogens (tertiary/aromatic N) is 2. The summed E-state index contributed by atoms with van der Waals surface area (Å²) in [6, 6.07) is 3.64. The van der Waals surface area contributed by atoms with Crippen molar-refractivity contribution in [3.63, 3.8) is 0 Å². The average Bonchev–Trinajstić information content (AvgIpc) is 2.17. The van der Waals surface area contributed by atoms with Crippen LogP contribution in [0.25, 0.3) is 0 Å². The summed E-state index contributed by atoms with van der Waals surface area (Å²) >= 11 is 5.61. The first-order valence-corrected chi connectivity index (χ1v) is 5.70. The van der Waals surface area contributed by atoms with E-state index in [2.05, 4.69) is 24.0 Å². The van der Waals surface area contributed by atoms with Crippen LogP contribution in [0, 0.1) is 5.92 Å². The minimum Gasteiger partial charge on any atom is -0.474 e. The molecule has 15 heavy (non-hydrogen) atoms. The minimum atomic E-state index is 0.168. The Morgan fingerprint density at radius 2 is 2.00 bits per heavy atom. The summed E-state index contributed by atoms with van der Waals surface area (Å²) in [4.78, 5) is 0. The van der Waals surface area contributed by atoms with Crippen molar-refractivity contribution in [2.75, 3.05) is 0 Å². The topological polar surface area (TPSA) is 35.0 Å². The monoisotopic (exact) mass is 228 g/mol. The zero-order valence-corrected chi connectivity index (χ0v) is 10.2. The van der Waals surface area contributed by atoms with Gasteiger partial charge in [0.05, 0.1) is 17.7 Å². The lowest BCUT2D eigenvalue weighted by Crippen LogP contribution is -2.15. The lowest BCUT2D eigenvalue weighted by Gasteiger charge is -2.15. The third-order valence-electron chi connectivity index (χ3n) is 1.96. The van der Waals surface area contributed by atoms with Crippen molar-refractivity contribution in [3.05, 3.63) is 17.8 Å². The van der Waals surface area contributed by atoms with Crippen LogP contribution in [0.15, 0.2) is 12.1 Å². The van der Waals surface area contributed by atoms with E-state index < -0.39 is 0 Å². The molecule has 4 heteroatoms. The van der Waals surface area contributed by atoms with Gasteiger partial charge in [0.1, 0.15) is 0 Å². The standard InChI is InChI=1S/C11H17ClN2O/c1-8(2)6-9(3)15-11-5-4-10(7-12)13-14-11/h4-5,8-9H,6-7H2,1-3H3. The molecular weight excluding hydrogens is 212 g/mol. The third kappa shape index (κ3) is 4.47. The lowest BCUT2D eigenvalue weighted by atomic mass is 10.1. The Hall–Kier alpha value is -0.830. The molecule has 1 rings (SSSR count). The molecule has 0 N–H and O–H groups in total. The van der Waals surface area contributed by atoms with Gasteiger partial charge in [-0.15, -0.1) is 16.7 Å². The average molecular weight is 229 g/mol. The van der Waals surface area contributed by atoms with Gasteiger partial charge in [-0.05, 0) is 25.3 Å². The minimum absolute atomic E-state index is 0.168. The van der Waals surface area contributed by atoms with E-state index >= 15 is 0 Å². The zero-order chi connectivity index (χ0) is 11.3. The molecule has 0 amide bonds. The highest BCUT2D eigenvalue weighted by atomic mass is 35.5. The Bertz CT molecular complexity index is 287. The van der Waals surface area contributed by atoms with E-state index in [1.165, 1.54) is 0 Å². The van der Waals surface area contributed by atoms with Crippen molar-refractivity contribution in [2.45, 2.75) is 39.2 Å². The molecule has 0 aromatic carbocycles.